The molecule has 0 bridgehead atoms. The van der Waals surface area contributed by atoms with E-state index in [-0.39, 0.29) is 59.1 Å². The summed E-state index contributed by atoms with van der Waals surface area (Å²) in [6.45, 7) is 8.98. The molecule has 72 heavy (non-hydrogen) atoms. The molecule has 0 spiro atoms. The number of aliphatic carboxylic acids is 2. The van der Waals surface area contributed by atoms with Gasteiger partial charge in [0, 0.05) is 55.9 Å². The van der Waals surface area contributed by atoms with Crippen molar-refractivity contribution in [1.29, 1.82) is 0 Å². The van der Waals surface area contributed by atoms with Crippen LogP contribution in [-0.4, -0.2) is 167 Å². The molecule has 4 heterocycles. The van der Waals surface area contributed by atoms with Gasteiger partial charge in [-0.25, -0.2) is 9.59 Å². The second kappa shape index (κ2) is 26.3. The first-order chi connectivity index (χ1) is 33.2. The first-order valence-corrected chi connectivity index (χ1v) is 24.5. The summed E-state index contributed by atoms with van der Waals surface area (Å²) < 4.78 is 28.9. The van der Waals surface area contributed by atoms with Crippen LogP contribution in [0.25, 0.3) is 0 Å². The van der Waals surface area contributed by atoms with Gasteiger partial charge in [-0.15, -0.1) is 0 Å². The van der Waals surface area contributed by atoms with Gasteiger partial charge in [-0.3, -0.25) is 9.80 Å². The maximum atomic E-state index is 11.7. The number of carbonyl (C=O) groups is 2. The molecule has 1 radical (unpaired) electrons. The zero-order valence-corrected chi connectivity index (χ0v) is 42.6. The van der Waals surface area contributed by atoms with Gasteiger partial charge in [0.05, 0.1) is 0 Å². The summed E-state index contributed by atoms with van der Waals surface area (Å²) in [6, 6.07) is 17.9. The van der Waals surface area contributed by atoms with Crippen LogP contribution in [0.4, 0.5) is 0 Å². The fourth-order valence-electron chi connectivity index (χ4n) is 11.4. The third kappa shape index (κ3) is 12.8. The van der Waals surface area contributed by atoms with Gasteiger partial charge in [-0.05, 0) is 131 Å². The Morgan fingerprint density at radius 1 is 0.611 bits per heavy atom. The van der Waals surface area contributed by atoms with Crippen LogP contribution in [0, 0.1) is 11.8 Å². The summed E-state index contributed by atoms with van der Waals surface area (Å²) in [6.07, 6.45) is -7.18. The van der Waals surface area contributed by atoms with Crippen molar-refractivity contribution in [1.82, 2.24) is 9.80 Å². The van der Waals surface area contributed by atoms with Gasteiger partial charge in [-0.2, -0.15) is 0 Å². The average molecular weight is 1090 g/mol. The third-order valence-electron chi connectivity index (χ3n) is 14.9. The topological polar surface area (TPSA) is 269 Å². The standard InChI is InChI=1S/C29H37NO8.C22H31NO8.2CH4.Y/c1-2-12-30-13-6-9-19-14-20-18(15-21(19)30)10-11-22(36-16-17-7-4-3-5-8-17)26(20)37-29-25(33)23(31)24(32)27(38-29)28(34)35;1-2-7-23-8-3-4-12-9-13-11(10-14(12)23)5-6-15(24)19(13)30-22-18(27)16(25)17(26)20(31-22)21(28)29;;;/h3-5,7-8,10-11,19,21,23-25,27,29,31-33H,2,6,9,12-16H2,1H3,(H,34,35);5-6,12,14,16-18,20,22,24-27H,2-4,7-10H2,1H3,(H,28,29);2*1H4;/t19-,21-,23+,24+,25-,27?,29-;12-,14-,16+,17+,18-,20+,22-;;;/m11.../s1. The molecule has 3 aromatic carbocycles. The summed E-state index contributed by atoms with van der Waals surface area (Å²) in [4.78, 5) is 28.1. The average Bonchev–Trinajstić information content (AvgIpc) is 3.34. The van der Waals surface area contributed by atoms with Crippen LogP contribution in [0.5, 0.6) is 23.0 Å². The molecule has 2 aliphatic carbocycles. The van der Waals surface area contributed by atoms with Crippen LogP contribution >= 0.6 is 0 Å². The summed E-state index contributed by atoms with van der Waals surface area (Å²) >= 11 is 0. The predicted octanol–water partition coefficient (Wildman–Crippen LogP) is 3.65. The number of hydrogen-bond donors (Lipinski definition) is 9. The number of rotatable bonds is 13. The number of benzene rings is 3. The van der Waals surface area contributed by atoms with E-state index >= 15 is 0 Å². The number of fused-ring (bicyclic) bond motifs is 4. The van der Waals surface area contributed by atoms with E-state index in [1.165, 1.54) is 6.07 Å². The Hall–Kier alpha value is -3.50. The van der Waals surface area contributed by atoms with Crippen molar-refractivity contribution in [2.75, 3.05) is 26.2 Å². The van der Waals surface area contributed by atoms with Gasteiger partial charge < -0.3 is 69.6 Å². The number of carboxylic acid groups (broad SMARTS) is 2. The zero-order valence-electron chi connectivity index (χ0n) is 39.7. The number of likely N-dealkylation sites (tertiary alicyclic amines) is 2. The van der Waals surface area contributed by atoms with Gasteiger partial charge in [0.25, 0.3) is 0 Å². The maximum Gasteiger partial charge on any atom is 0.335 e. The molecule has 18 nitrogen and oxygen atoms in total. The molecule has 9 N–H and O–H groups in total. The molecule has 0 amide bonds. The summed E-state index contributed by atoms with van der Waals surface area (Å²) in [5, 5.41) is 90.6. The molecule has 4 fully saturated rings. The smallest absolute Gasteiger partial charge is 0.335 e. The van der Waals surface area contributed by atoms with Crippen LogP contribution in [0.3, 0.4) is 0 Å². The molecule has 3 aromatic rings. The number of nitrogens with zero attached hydrogens (tertiary/aromatic N) is 2. The molecule has 0 saturated carbocycles. The Bertz CT molecular complexity index is 2240. The SMILES string of the molecule is C.C.CCCN1CCC[C@@H]2Cc3c(ccc(O)c3O[C@@H]3O[C@H](C(=O)O)[C@@H](O)[C@H](O)[C@H]3O)C[C@H]21.CCCN1CCC[C@@H]2Cc3c(ccc(OCc4ccccc4)c3O[C@@H]3OC(C(=O)O)[C@@H](O)[C@H](O)[C@H]3O)C[C@H]21.[Y]. The van der Waals surface area contributed by atoms with Gasteiger partial charge >= 0.3 is 11.9 Å². The van der Waals surface area contributed by atoms with Crippen molar-refractivity contribution in [3.63, 3.8) is 0 Å². The Morgan fingerprint density at radius 2 is 1.07 bits per heavy atom. The fraction of sp³-hybridized carbons (Fsp3) is 0.623. The minimum absolute atomic E-state index is 0. The Morgan fingerprint density at radius 3 is 1.54 bits per heavy atom. The quantitative estimate of drug-likeness (QED) is 0.118. The fourth-order valence-corrected chi connectivity index (χ4v) is 11.4. The Labute approximate surface area is 447 Å². The Kier molecular flexibility index (Phi) is 21.7. The predicted molar refractivity (Wildman–Crippen MR) is 260 cm³/mol. The van der Waals surface area contributed by atoms with E-state index in [9.17, 15) is 55.5 Å². The molecular weight excluding hydrogens is 1010 g/mol. The molecule has 6 aliphatic rings. The first-order valence-electron chi connectivity index (χ1n) is 24.5. The summed E-state index contributed by atoms with van der Waals surface area (Å²) in [5.41, 5.74) is 4.91. The first kappa shape index (κ1) is 59.4. The molecule has 14 atom stereocenters. The van der Waals surface area contributed by atoms with E-state index in [0.29, 0.717) is 48.4 Å². The van der Waals surface area contributed by atoms with E-state index in [0.717, 1.165) is 112 Å². The van der Waals surface area contributed by atoms with Crippen LogP contribution in [0.15, 0.2) is 54.6 Å². The zero-order chi connectivity index (χ0) is 49.1. The monoisotopic (exact) mass is 1090 g/mol. The number of phenols is 1. The van der Waals surface area contributed by atoms with Gasteiger partial charge in [-0.1, -0.05) is 71.2 Å². The molecular formula is C53H76N2O16Y. The van der Waals surface area contributed by atoms with E-state index in [4.69, 9.17) is 23.7 Å². The maximum absolute atomic E-state index is 11.7. The third-order valence-corrected chi connectivity index (χ3v) is 14.9. The van der Waals surface area contributed by atoms with Crippen molar-refractivity contribution < 1.29 is 112 Å². The molecule has 1 unspecified atom stereocenters. The van der Waals surface area contributed by atoms with E-state index in [1.54, 1.807) is 0 Å². The molecule has 397 valence electrons. The van der Waals surface area contributed by atoms with Gasteiger partial charge in [0.15, 0.2) is 35.2 Å². The van der Waals surface area contributed by atoms with Crippen molar-refractivity contribution in [3.8, 4) is 23.0 Å². The molecule has 9 rings (SSSR count). The van der Waals surface area contributed by atoms with Crippen molar-refractivity contribution in [2.24, 2.45) is 11.8 Å². The molecule has 0 aromatic heterocycles. The number of phenolic OH excluding ortho intramolecular Hbond substituents is 1. The molecule has 4 saturated heterocycles. The number of carboxylic acids is 2. The molecule has 19 heteroatoms. The number of ether oxygens (including phenoxy) is 5. The minimum Gasteiger partial charge on any atom is -0.504 e. The number of aromatic hydroxyl groups is 1. The van der Waals surface area contributed by atoms with E-state index in [2.05, 4.69) is 29.7 Å². The second-order valence-corrected chi connectivity index (χ2v) is 19.4. The summed E-state index contributed by atoms with van der Waals surface area (Å²) in [5.74, 6) is -1.24. The number of aliphatic hydroxyl groups excluding tert-OH is 6. The van der Waals surface area contributed by atoms with E-state index in [1.807, 2.05) is 42.5 Å². The number of aliphatic hydroxyl groups is 6. The molecule has 4 aliphatic heterocycles. The van der Waals surface area contributed by atoms with Gasteiger partial charge in [0.2, 0.25) is 12.6 Å². The number of hydrogen-bond acceptors (Lipinski definition) is 16. The van der Waals surface area contributed by atoms with Crippen LogP contribution in [0.2, 0.25) is 0 Å². The normalized spacial score (nSPS) is 31.9. The Balaban J connectivity index is 0.000000262. The van der Waals surface area contributed by atoms with Crippen LogP contribution in [-0.2, 0) is 84.1 Å². The van der Waals surface area contributed by atoms with Crippen LogP contribution < -0.4 is 14.2 Å². The van der Waals surface area contributed by atoms with Crippen LogP contribution in [0.1, 0.15) is 95.0 Å². The second-order valence-electron chi connectivity index (χ2n) is 19.4. The van der Waals surface area contributed by atoms with Crippen molar-refractivity contribution >= 4 is 11.9 Å². The van der Waals surface area contributed by atoms with Crippen molar-refractivity contribution in [2.45, 2.75) is 173 Å². The van der Waals surface area contributed by atoms with E-state index < -0.39 is 73.4 Å². The largest absolute Gasteiger partial charge is 0.504 e. The summed E-state index contributed by atoms with van der Waals surface area (Å²) in [7, 11) is 0. The number of piperidine rings is 2. The van der Waals surface area contributed by atoms with Crippen molar-refractivity contribution in [3.05, 3.63) is 82.4 Å². The minimum atomic E-state index is -1.79. The van der Waals surface area contributed by atoms with Gasteiger partial charge in [0.1, 0.15) is 43.2 Å².